The number of halogens is 1. The van der Waals surface area contributed by atoms with E-state index < -0.39 is 0 Å². The molecular weight excluding hydrogens is 231 g/mol. The fourth-order valence-corrected chi connectivity index (χ4v) is 1.64. The van der Waals surface area contributed by atoms with E-state index in [1.54, 1.807) is 12.1 Å². The van der Waals surface area contributed by atoms with Gasteiger partial charge in [0.05, 0.1) is 0 Å². The van der Waals surface area contributed by atoms with Crippen molar-refractivity contribution in [2.24, 2.45) is 0 Å². The van der Waals surface area contributed by atoms with E-state index in [4.69, 9.17) is 0 Å². The first kappa shape index (κ1) is 14.5. The molecule has 0 aliphatic heterocycles. The molecule has 4 heteroatoms. The molecule has 2 N–H and O–H groups in total. The maximum Gasteiger partial charge on any atom is 0.314 e. The van der Waals surface area contributed by atoms with Crippen molar-refractivity contribution in [3.8, 4) is 0 Å². The minimum Gasteiger partial charge on any atom is -0.338 e. The van der Waals surface area contributed by atoms with Gasteiger partial charge in [-0.15, -0.1) is 0 Å². The van der Waals surface area contributed by atoms with Gasteiger partial charge >= 0.3 is 6.03 Å². The van der Waals surface area contributed by atoms with Crippen LogP contribution in [-0.4, -0.2) is 19.1 Å². The molecule has 3 nitrogen and oxygen atoms in total. The zero-order chi connectivity index (χ0) is 13.2. The predicted molar refractivity (Wildman–Crippen MR) is 71.0 cm³/mol. The lowest BCUT2D eigenvalue weighted by atomic mass is 10.1. The van der Waals surface area contributed by atoms with Gasteiger partial charge in [0.25, 0.3) is 0 Å². The van der Waals surface area contributed by atoms with Crippen molar-refractivity contribution >= 4 is 6.03 Å². The van der Waals surface area contributed by atoms with Crippen molar-refractivity contribution in [2.45, 2.75) is 32.6 Å². The number of unbranched alkanes of at least 4 members (excludes halogenated alkanes) is 1. The fourth-order valence-electron chi connectivity index (χ4n) is 1.64. The Morgan fingerprint density at radius 1 is 1.17 bits per heavy atom. The molecule has 0 aliphatic rings. The molecule has 1 aromatic rings. The molecule has 1 aromatic carbocycles. The third-order valence-electron chi connectivity index (χ3n) is 2.65. The van der Waals surface area contributed by atoms with E-state index >= 15 is 0 Å². The first-order valence-corrected chi connectivity index (χ1v) is 6.49. The zero-order valence-electron chi connectivity index (χ0n) is 10.8. The van der Waals surface area contributed by atoms with Gasteiger partial charge in [0.2, 0.25) is 0 Å². The van der Waals surface area contributed by atoms with E-state index in [-0.39, 0.29) is 11.8 Å². The average Bonchev–Trinajstić information content (AvgIpc) is 2.38. The van der Waals surface area contributed by atoms with Gasteiger partial charge in [-0.3, -0.25) is 0 Å². The Hall–Kier alpha value is -1.58. The molecule has 0 aliphatic carbocycles. The molecule has 18 heavy (non-hydrogen) atoms. The van der Waals surface area contributed by atoms with E-state index in [0.717, 1.165) is 24.8 Å². The molecule has 1 rings (SSSR count). The van der Waals surface area contributed by atoms with Crippen molar-refractivity contribution in [1.29, 1.82) is 0 Å². The van der Waals surface area contributed by atoms with Crippen LogP contribution in [0.5, 0.6) is 0 Å². The average molecular weight is 252 g/mol. The van der Waals surface area contributed by atoms with Gasteiger partial charge in [0, 0.05) is 13.1 Å². The molecule has 0 radical (unpaired) electrons. The smallest absolute Gasteiger partial charge is 0.314 e. The summed E-state index contributed by atoms with van der Waals surface area (Å²) in [6, 6.07) is 6.69. The molecule has 0 atom stereocenters. The lowest BCUT2D eigenvalue weighted by Crippen LogP contribution is -2.36. The standard InChI is InChI=1S/C14H21FN2O/c1-2-10-16-14(18)17-11-6-5-8-12-7-3-4-9-13(12)15/h3-4,7,9H,2,5-6,8,10-11H2,1H3,(H2,16,17,18). The van der Waals surface area contributed by atoms with Crippen LogP contribution >= 0.6 is 0 Å². The van der Waals surface area contributed by atoms with Crippen molar-refractivity contribution in [3.63, 3.8) is 0 Å². The van der Waals surface area contributed by atoms with Crippen molar-refractivity contribution in [3.05, 3.63) is 35.6 Å². The highest BCUT2D eigenvalue weighted by Crippen LogP contribution is 2.09. The van der Waals surface area contributed by atoms with E-state index in [1.165, 1.54) is 6.07 Å². The summed E-state index contributed by atoms with van der Waals surface area (Å²) in [6.45, 7) is 3.33. The quantitative estimate of drug-likeness (QED) is 0.720. The monoisotopic (exact) mass is 252 g/mol. The number of rotatable bonds is 7. The van der Waals surface area contributed by atoms with Crippen LogP contribution in [0.25, 0.3) is 0 Å². The molecule has 0 heterocycles. The van der Waals surface area contributed by atoms with E-state index in [1.807, 2.05) is 13.0 Å². The summed E-state index contributed by atoms with van der Waals surface area (Å²) < 4.78 is 13.3. The van der Waals surface area contributed by atoms with Crippen LogP contribution in [-0.2, 0) is 6.42 Å². The van der Waals surface area contributed by atoms with Crippen LogP contribution in [0.3, 0.4) is 0 Å². The van der Waals surface area contributed by atoms with E-state index in [0.29, 0.717) is 19.5 Å². The molecule has 0 spiro atoms. The Balaban J connectivity index is 2.09. The molecule has 2 amide bonds. The summed E-state index contributed by atoms with van der Waals surface area (Å²) in [5.41, 5.74) is 0.743. The SMILES string of the molecule is CCCNC(=O)NCCCCc1ccccc1F. The molecule has 0 unspecified atom stereocenters. The summed E-state index contributed by atoms with van der Waals surface area (Å²) in [4.78, 5) is 11.2. The zero-order valence-corrected chi connectivity index (χ0v) is 10.8. The molecule has 0 fully saturated rings. The second kappa shape index (κ2) is 8.50. The molecule has 0 bridgehead atoms. The molecule has 100 valence electrons. The number of carbonyl (C=O) groups excluding carboxylic acids is 1. The molecule has 0 aromatic heterocycles. The largest absolute Gasteiger partial charge is 0.338 e. The van der Waals surface area contributed by atoms with Crippen LogP contribution in [0.15, 0.2) is 24.3 Å². The van der Waals surface area contributed by atoms with Gasteiger partial charge in [-0.25, -0.2) is 9.18 Å². The second-order valence-electron chi connectivity index (χ2n) is 4.23. The summed E-state index contributed by atoms with van der Waals surface area (Å²) >= 11 is 0. The van der Waals surface area contributed by atoms with Gasteiger partial charge in [0.15, 0.2) is 0 Å². The number of hydrogen-bond donors (Lipinski definition) is 2. The van der Waals surface area contributed by atoms with Crippen molar-refractivity contribution < 1.29 is 9.18 Å². The van der Waals surface area contributed by atoms with Crippen LogP contribution in [0.2, 0.25) is 0 Å². The lowest BCUT2D eigenvalue weighted by Gasteiger charge is -2.06. The maximum atomic E-state index is 13.3. The lowest BCUT2D eigenvalue weighted by molar-refractivity contribution is 0.240. The summed E-state index contributed by atoms with van der Waals surface area (Å²) in [7, 11) is 0. The number of carbonyl (C=O) groups is 1. The van der Waals surface area contributed by atoms with Crippen LogP contribution < -0.4 is 10.6 Å². The first-order chi connectivity index (χ1) is 8.74. The number of benzene rings is 1. The van der Waals surface area contributed by atoms with E-state index in [9.17, 15) is 9.18 Å². The predicted octanol–water partition coefficient (Wildman–Crippen LogP) is 2.86. The second-order valence-corrected chi connectivity index (χ2v) is 4.23. The van der Waals surface area contributed by atoms with Crippen LogP contribution in [0.4, 0.5) is 9.18 Å². The number of amides is 2. The number of urea groups is 1. The van der Waals surface area contributed by atoms with Gasteiger partial charge in [0.1, 0.15) is 5.82 Å². The number of nitrogens with one attached hydrogen (secondary N) is 2. The third-order valence-corrected chi connectivity index (χ3v) is 2.65. The third kappa shape index (κ3) is 5.66. The summed E-state index contributed by atoms with van der Waals surface area (Å²) in [6.07, 6.45) is 3.37. The highest BCUT2D eigenvalue weighted by atomic mass is 19.1. The highest BCUT2D eigenvalue weighted by Gasteiger charge is 2.01. The Bertz CT molecular complexity index is 369. The molecule has 0 saturated carbocycles. The topological polar surface area (TPSA) is 41.1 Å². The molecular formula is C14H21FN2O. The van der Waals surface area contributed by atoms with Crippen molar-refractivity contribution in [1.82, 2.24) is 10.6 Å². The van der Waals surface area contributed by atoms with E-state index in [2.05, 4.69) is 10.6 Å². The Morgan fingerprint density at radius 3 is 2.61 bits per heavy atom. The maximum absolute atomic E-state index is 13.3. The number of hydrogen-bond acceptors (Lipinski definition) is 1. The normalized spacial score (nSPS) is 10.1. The van der Waals surface area contributed by atoms with Crippen LogP contribution in [0.1, 0.15) is 31.7 Å². The van der Waals surface area contributed by atoms with Crippen molar-refractivity contribution in [2.75, 3.05) is 13.1 Å². The van der Waals surface area contributed by atoms with Gasteiger partial charge in [-0.1, -0.05) is 25.1 Å². The first-order valence-electron chi connectivity index (χ1n) is 6.49. The highest BCUT2D eigenvalue weighted by molar-refractivity contribution is 5.73. The Kier molecular flexibility index (Phi) is 6.84. The Labute approximate surface area is 108 Å². The minimum atomic E-state index is -0.147. The molecule has 0 saturated heterocycles. The van der Waals surface area contributed by atoms with Gasteiger partial charge in [-0.2, -0.15) is 0 Å². The van der Waals surface area contributed by atoms with Gasteiger partial charge < -0.3 is 10.6 Å². The summed E-state index contributed by atoms with van der Waals surface area (Å²) in [5, 5.41) is 5.51. The fraction of sp³-hybridized carbons (Fsp3) is 0.500. The van der Waals surface area contributed by atoms with Gasteiger partial charge in [-0.05, 0) is 37.3 Å². The summed E-state index contributed by atoms with van der Waals surface area (Å²) in [5.74, 6) is -0.147. The Morgan fingerprint density at radius 2 is 1.89 bits per heavy atom. The number of aryl methyl sites for hydroxylation is 1. The minimum absolute atomic E-state index is 0.122. The van der Waals surface area contributed by atoms with Crippen LogP contribution in [0, 0.1) is 5.82 Å².